The fraction of sp³-hybridized carbons (Fsp3) is 0.500. The van der Waals surface area contributed by atoms with Crippen LogP contribution < -0.4 is 14.8 Å². The van der Waals surface area contributed by atoms with Gasteiger partial charge in [-0.3, -0.25) is 9.59 Å². The van der Waals surface area contributed by atoms with Crippen LogP contribution in [0.2, 0.25) is 0 Å². The molecule has 1 heterocycles. The number of carbonyl (C=O) groups excluding carboxylic acids is 3. The summed E-state index contributed by atoms with van der Waals surface area (Å²) in [6.45, 7) is 5.93. The molecule has 0 spiro atoms. The van der Waals surface area contributed by atoms with Crippen LogP contribution in [0.3, 0.4) is 0 Å². The van der Waals surface area contributed by atoms with Crippen LogP contribution in [-0.2, 0) is 23.9 Å². The van der Waals surface area contributed by atoms with Crippen molar-refractivity contribution < 1.29 is 33.3 Å². The van der Waals surface area contributed by atoms with Gasteiger partial charge in [-0.05, 0) is 42.7 Å². The molecule has 1 aliphatic carbocycles. The number of thioether (sulfide) groups is 1. The number of esters is 2. The van der Waals surface area contributed by atoms with Gasteiger partial charge >= 0.3 is 11.9 Å². The van der Waals surface area contributed by atoms with Crippen LogP contribution >= 0.6 is 27.7 Å². The van der Waals surface area contributed by atoms with Crippen LogP contribution in [0.25, 0.3) is 0 Å². The Labute approximate surface area is 224 Å². The van der Waals surface area contributed by atoms with Crippen molar-refractivity contribution in [2.24, 2.45) is 11.8 Å². The number of carbonyl (C=O) groups is 3. The number of ether oxygens (including phenoxy) is 4. The first kappa shape index (κ1) is 28.1. The van der Waals surface area contributed by atoms with E-state index >= 15 is 0 Å². The van der Waals surface area contributed by atoms with Crippen molar-refractivity contribution in [1.29, 1.82) is 0 Å². The summed E-state index contributed by atoms with van der Waals surface area (Å²) in [5, 5.41) is 3.27. The minimum absolute atomic E-state index is 0.246. The van der Waals surface area contributed by atoms with Crippen LogP contribution in [0.1, 0.15) is 38.7 Å². The van der Waals surface area contributed by atoms with Crippen molar-refractivity contribution in [3.63, 3.8) is 0 Å². The maximum absolute atomic E-state index is 13.9. The molecule has 10 heteroatoms. The van der Waals surface area contributed by atoms with E-state index in [-0.39, 0.29) is 18.3 Å². The lowest BCUT2D eigenvalue weighted by molar-refractivity contribution is -0.151. The van der Waals surface area contributed by atoms with E-state index in [0.717, 1.165) is 5.75 Å². The molecule has 3 rings (SSSR count). The van der Waals surface area contributed by atoms with Gasteiger partial charge in [0.25, 0.3) is 0 Å². The molecule has 0 amide bonds. The molecule has 2 aliphatic rings. The molecule has 0 fully saturated rings. The smallest absolute Gasteiger partial charge is 0.336 e. The number of nitrogens with one attached hydrogen (secondary N) is 1. The highest BCUT2D eigenvalue weighted by atomic mass is 79.9. The maximum atomic E-state index is 13.9. The van der Waals surface area contributed by atoms with Gasteiger partial charge in [-0.1, -0.05) is 29.8 Å². The predicted molar refractivity (Wildman–Crippen MR) is 141 cm³/mol. The first-order valence-electron chi connectivity index (χ1n) is 11.7. The Morgan fingerprint density at radius 1 is 1.17 bits per heavy atom. The number of benzene rings is 1. The average Bonchev–Trinajstić information content (AvgIpc) is 2.85. The zero-order valence-electron chi connectivity index (χ0n) is 21.4. The highest BCUT2D eigenvalue weighted by Gasteiger charge is 2.47. The molecule has 1 aromatic rings. The first-order valence-corrected chi connectivity index (χ1v) is 13.6. The fourth-order valence-corrected chi connectivity index (χ4v) is 5.81. The van der Waals surface area contributed by atoms with Gasteiger partial charge in [0.05, 0.1) is 26.9 Å². The highest BCUT2D eigenvalue weighted by Crippen LogP contribution is 2.49. The monoisotopic (exact) mass is 581 g/mol. The molecular weight excluding hydrogens is 550 g/mol. The summed E-state index contributed by atoms with van der Waals surface area (Å²) < 4.78 is 22.2. The summed E-state index contributed by atoms with van der Waals surface area (Å²) in [6, 6.07) is 3.48. The second kappa shape index (κ2) is 12.2. The van der Waals surface area contributed by atoms with Crippen LogP contribution in [0.15, 0.2) is 39.1 Å². The maximum Gasteiger partial charge on any atom is 0.336 e. The van der Waals surface area contributed by atoms with Crippen molar-refractivity contribution in [3.8, 4) is 11.5 Å². The summed E-state index contributed by atoms with van der Waals surface area (Å²) in [4.78, 5) is 39.9. The molecular formula is C26H32BrNO7S. The molecule has 3 atom stereocenters. The van der Waals surface area contributed by atoms with E-state index in [0.29, 0.717) is 56.2 Å². The van der Waals surface area contributed by atoms with E-state index in [9.17, 15) is 14.4 Å². The third kappa shape index (κ3) is 5.44. The lowest BCUT2D eigenvalue weighted by Crippen LogP contribution is -2.43. The Morgan fingerprint density at radius 3 is 2.44 bits per heavy atom. The number of Topliss-reactive ketones (excluding diaryl/α,β-unsaturated/α-hetero) is 1. The number of hydrogen-bond acceptors (Lipinski definition) is 9. The molecule has 0 radical (unpaired) electrons. The zero-order chi connectivity index (χ0) is 26.6. The number of allylic oxidation sites excluding steroid dienone is 3. The van der Waals surface area contributed by atoms with Crippen molar-refractivity contribution in [2.75, 3.05) is 39.4 Å². The van der Waals surface area contributed by atoms with Gasteiger partial charge in [-0.25, -0.2) is 4.79 Å². The van der Waals surface area contributed by atoms with Crippen LogP contribution in [-0.4, -0.2) is 57.2 Å². The van der Waals surface area contributed by atoms with Crippen LogP contribution in [0, 0.1) is 11.8 Å². The average molecular weight is 583 g/mol. The SMILES string of the molecule is CCSCCOC(=O)C1=C(C)NC2=C(C(=O)[C@H](C(=O)OC)[C@@H](C)C2)[C@H]1c1cc(OC)c(OC)cc1Br. The van der Waals surface area contributed by atoms with Crippen LogP contribution in [0.4, 0.5) is 0 Å². The van der Waals surface area contributed by atoms with Crippen molar-refractivity contribution in [2.45, 2.75) is 33.1 Å². The Morgan fingerprint density at radius 2 is 1.83 bits per heavy atom. The minimum Gasteiger partial charge on any atom is -0.493 e. The summed E-state index contributed by atoms with van der Waals surface area (Å²) in [5.41, 5.74) is 2.59. The highest BCUT2D eigenvalue weighted by molar-refractivity contribution is 9.10. The molecule has 0 unspecified atom stereocenters. The lowest BCUT2D eigenvalue weighted by Gasteiger charge is -2.38. The Balaban J connectivity index is 2.19. The van der Waals surface area contributed by atoms with E-state index in [1.807, 2.05) is 13.8 Å². The van der Waals surface area contributed by atoms with Gasteiger partial charge in [-0.15, -0.1) is 0 Å². The van der Waals surface area contributed by atoms with E-state index in [2.05, 4.69) is 21.2 Å². The molecule has 1 N–H and O–H groups in total. The zero-order valence-corrected chi connectivity index (χ0v) is 23.8. The Hall–Kier alpha value is -2.46. The predicted octanol–water partition coefficient (Wildman–Crippen LogP) is 4.38. The normalized spacial score (nSPS) is 21.5. The molecule has 196 valence electrons. The number of hydrogen-bond donors (Lipinski definition) is 1. The number of methoxy groups -OCH3 is 3. The lowest BCUT2D eigenvalue weighted by atomic mass is 9.69. The van der Waals surface area contributed by atoms with E-state index in [1.165, 1.54) is 21.3 Å². The number of dihydropyridines is 1. The van der Waals surface area contributed by atoms with Gasteiger partial charge in [-0.2, -0.15) is 11.8 Å². The number of halogens is 1. The Kier molecular flexibility index (Phi) is 9.52. The van der Waals surface area contributed by atoms with Crippen molar-refractivity contribution in [3.05, 3.63) is 44.7 Å². The molecule has 36 heavy (non-hydrogen) atoms. The van der Waals surface area contributed by atoms with Gasteiger partial charge in [0.15, 0.2) is 17.3 Å². The van der Waals surface area contributed by atoms with E-state index in [4.69, 9.17) is 18.9 Å². The Bertz CT molecular complexity index is 1110. The molecule has 0 aromatic heterocycles. The molecule has 0 saturated carbocycles. The van der Waals surface area contributed by atoms with Crippen molar-refractivity contribution in [1.82, 2.24) is 5.32 Å². The third-order valence-electron chi connectivity index (χ3n) is 6.44. The molecule has 8 nitrogen and oxygen atoms in total. The summed E-state index contributed by atoms with van der Waals surface area (Å²) in [6.07, 6.45) is 0.453. The first-order chi connectivity index (χ1) is 17.2. The summed E-state index contributed by atoms with van der Waals surface area (Å²) in [5.74, 6) is -0.959. The van der Waals surface area contributed by atoms with Crippen molar-refractivity contribution >= 4 is 45.4 Å². The van der Waals surface area contributed by atoms with E-state index < -0.39 is 23.8 Å². The molecule has 1 aliphatic heterocycles. The molecule has 0 bridgehead atoms. The van der Waals surface area contributed by atoms with E-state index in [1.54, 1.807) is 30.8 Å². The standard InChI is InChI=1S/C26H32BrNO7S/c1-7-36-9-8-35-26(31)21-14(3)28-17-10-13(2)20(25(30)34-6)24(29)23(17)22(21)15-11-18(32-4)19(33-5)12-16(15)27/h11-13,20,22,28H,7-10H2,1-6H3/t13-,20+,22-/m0/s1. The molecule has 0 saturated heterocycles. The van der Waals surface area contributed by atoms with Crippen LogP contribution in [0.5, 0.6) is 11.5 Å². The van der Waals surface area contributed by atoms with Gasteiger partial charge < -0.3 is 24.3 Å². The second-order valence-corrected chi connectivity index (χ2v) is 10.8. The van der Waals surface area contributed by atoms with Gasteiger partial charge in [0.1, 0.15) is 12.5 Å². The summed E-state index contributed by atoms with van der Waals surface area (Å²) in [7, 11) is 4.32. The fourth-order valence-electron chi connectivity index (χ4n) is 4.77. The topological polar surface area (TPSA) is 100 Å². The summed E-state index contributed by atoms with van der Waals surface area (Å²) >= 11 is 5.27. The minimum atomic E-state index is -0.964. The molecule has 1 aromatic carbocycles. The second-order valence-electron chi connectivity index (χ2n) is 8.60. The van der Waals surface area contributed by atoms with Gasteiger partial charge in [0, 0.05) is 33.1 Å². The van der Waals surface area contributed by atoms with Gasteiger partial charge in [0.2, 0.25) is 0 Å². The quantitative estimate of drug-likeness (QED) is 0.258. The largest absolute Gasteiger partial charge is 0.493 e. The third-order valence-corrected chi connectivity index (χ3v) is 7.99. The number of rotatable bonds is 9. The number of ketones is 1.